The van der Waals surface area contributed by atoms with Gasteiger partial charge in [0.05, 0.1) is 10.6 Å². The van der Waals surface area contributed by atoms with E-state index in [1.807, 2.05) is 25.1 Å². The molecule has 22 heavy (non-hydrogen) atoms. The van der Waals surface area contributed by atoms with Gasteiger partial charge in [0.15, 0.2) is 0 Å². The summed E-state index contributed by atoms with van der Waals surface area (Å²) in [5.74, 6) is 0. The lowest BCUT2D eigenvalue weighted by Crippen LogP contribution is -2.22. The van der Waals surface area contributed by atoms with E-state index in [1.54, 1.807) is 24.3 Å². The normalized spacial score (nSPS) is 16.3. The summed E-state index contributed by atoms with van der Waals surface area (Å²) in [5, 5.41) is 4.17. The lowest BCUT2D eigenvalue weighted by molar-refractivity contribution is 0.584. The SMILES string of the molecule is Cc1ccc(S(=O)(=O)N/N=C2/CCCc3ccccc32)cc1. The summed E-state index contributed by atoms with van der Waals surface area (Å²) in [6, 6.07) is 14.7. The summed E-state index contributed by atoms with van der Waals surface area (Å²) in [5.41, 5.74) is 4.09. The minimum absolute atomic E-state index is 0.228. The molecule has 0 aromatic heterocycles. The predicted octanol–water partition coefficient (Wildman–Crippen LogP) is 3.01. The van der Waals surface area contributed by atoms with Gasteiger partial charge in [0.1, 0.15) is 0 Å². The van der Waals surface area contributed by atoms with E-state index in [0.717, 1.165) is 36.1 Å². The average Bonchev–Trinajstić information content (AvgIpc) is 2.53. The van der Waals surface area contributed by atoms with Crippen molar-refractivity contribution in [2.75, 3.05) is 0 Å². The molecule has 5 heteroatoms. The highest BCUT2D eigenvalue weighted by molar-refractivity contribution is 7.89. The first kappa shape index (κ1) is 14.8. The Morgan fingerprint density at radius 1 is 1.00 bits per heavy atom. The van der Waals surface area contributed by atoms with Gasteiger partial charge in [0, 0.05) is 5.56 Å². The third kappa shape index (κ3) is 3.04. The molecule has 0 heterocycles. The van der Waals surface area contributed by atoms with E-state index in [4.69, 9.17) is 0 Å². The maximum absolute atomic E-state index is 12.3. The molecule has 1 N–H and O–H groups in total. The Kier molecular flexibility index (Phi) is 3.98. The minimum atomic E-state index is -3.62. The van der Waals surface area contributed by atoms with E-state index < -0.39 is 10.0 Å². The first-order valence-corrected chi connectivity index (χ1v) is 8.78. The summed E-state index contributed by atoms with van der Waals surface area (Å²) in [4.78, 5) is 2.59. The third-order valence-corrected chi connectivity index (χ3v) is 5.04. The molecular weight excluding hydrogens is 296 g/mol. The molecule has 2 aromatic carbocycles. The lowest BCUT2D eigenvalue weighted by atomic mass is 9.90. The van der Waals surface area contributed by atoms with Gasteiger partial charge in [-0.15, -0.1) is 0 Å². The molecule has 0 saturated carbocycles. The van der Waals surface area contributed by atoms with Crippen LogP contribution in [0.15, 0.2) is 58.5 Å². The van der Waals surface area contributed by atoms with Gasteiger partial charge in [-0.25, -0.2) is 0 Å². The van der Waals surface area contributed by atoms with Gasteiger partial charge in [-0.05, 0) is 43.9 Å². The Morgan fingerprint density at radius 3 is 2.50 bits per heavy atom. The van der Waals surface area contributed by atoms with Crippen LogP contribution < -0.4 is 4.83 Å². The highest BCUT2D eigenvalue weighted by Gasteiger charge is 2.17. The number of nitrogens with one attached hydrogen (secondary N) is 1. The van der Waals surface area contributed by atoms with E-state index in [9.17, 15) is 8.42 Å². The first-order valence-electron chi connectivity index (χ1n) is 7.29. The Hall–Kier alpha value is -2.14. The monoisotopic (exact) mass is 314 g/mol. The molecule has 0 saturated heterocycles. The molecule has 4 nitrogen and oxygen atoms in total. The van der Waals surface area contributed by atoms with E-state index in [0.29, 0.717) is 0 Å². The summed E-state index contributed by atoms with van der Waals surface area (Å²) in [7, 11) is -3.62. The number of rotatable bonds is 3. The van der Waals surface area contributed by atoms with Gasteiger partial charge in [0.2, 0.25) is 0 Å². The fourth-order valence-corrected chi connectivity index (χ4v) is 3.43. The van der Waals surface area contributed by atoms with Crippen LogP contribution in [0.25, 0.3) is 0 Å². The summed E-state index contributed by atoms with van der Waals surface area (Å²) in [6.07, 6.45) is 2.79. The van der Waals surface area contributed by atoms with Crippen molar-refractivity contribution in [3.63, 3.8) is 0 Å². The van der Waals surface area contributed by atoms with Gasteiger partial charge in [-0.3, -0.25) is 0 Å². The number of hydrogen-bond donors (Lipinski definition) is 1. The molecule has 1 aliphatic carbocycles. The van der Waals surface area contributed by atoms with E-state index in [1.165, 1.54) is 5.56 Å². The smallest absolute Gasteiger partial charge is 0.200 e. The van der Waals surface area contributed by atoms with Crippen molar-refractivity contribution in [1.29, 1.82) is 0 Å². The van der Waals surface area contributed by atoms with Crippen LogP contribution in [0.2, 0.25) is 0 Å². The lowest BCUT2D eigenvalue weighted by Gasteiger charge is -2.17. The molecule has 0 aliphatic heterocycles. The molecule has 2 aromatic rings. The quantitative estimate of drug-likeness (QED) is 0.885. The molecule has 0 fully saturated rings. The first-order chi connectivity index (χ1) is 10.6. The molecule has 0 amide bonds. The second-order valence-electron chi connectivity index (χ2n) is 5.48. The van der Waals surface area contributed by atoms with E-state index in [-0.39, 0.29) is 4.90 Å². The standard InChI is InChI=1S/C17H18N2O2S/c1-13-9-11-15(12-10-13)22(20,21)19-18-17-8-4-6-14-5-2-3-7-16(14)17/h2-3,5,7,9-12,19H,4,6,8H2,1H3/b18-17-. The molecule has 0 radical (unpaired) electrons. The number of hydrogen-bond acceptors (Lipinski definition) is 3. The van der Waals surface area contributed by atoms with Gasteiger partial charge in [0.25, 0.3) is 10.0 Å². The van der Waals surface area contributed by atoms with Crippen molar-refractivity contribution in [3.05, 3.63) is 65.2 Å². The Bertz CT molecular complexity index is 809. The molecule has 0 unspecified atom stereocenters. The van der Waals surface area contributed by atoms with E-state index in [2.05, 4.69) is 16.0 Å². The predicted molar refractivity (Wildman–Crippen MR) is 87.4 cm³/mol. The maximum Gasteiger partial charge on any atom is 0.276 e. The van der Waals surface area contributed by atoms with E-state index >= 15 is 0 Å². The highest BCUT2D eigenvalue weighted by Crippen LogP contribution is 2.21. The molecule has 1 aliphatic rings. The summed E-state index contributed by atoms with van der Waals surface area (Å²) >= 11 is 0. The number of benzene rings is 2. The Morgan fingerprint density at radius 2 is 1.73 bits per heavy atom. The van der Waals surface area contributed by atoms with Crippen molar-refractivity contribution in [1.82, 2.24) is 4.83 Å². The average molecular weight is 314 g/mol. The van der Waals surface area contributed by atoms with Crippen LogP contribution in [-0.4, -0.2) is 14.1 Å². The minimum Gasteiger partial charge on any atom is -0.200 e. The van der Waals surface area contributed by atoms with Crippen molar-refractivity contribution >= 4 is 15.7 Å². The molecule has 114 valence electrons. The van der Waals surface area contributed by atoms with Crippen molar-refractivity contribution in [2.24, 2.45) is 5.10 Å². The van der Waals surface area contributed by atoms with Crippen molar-refractivity contribution in [2.45, 2.75) is 31.1 Å². The molecule has 0 bridgehead atoms. The number of nitrogens with zero attached hydrogens (tertiary/aromatic N) is 1. The molecule has 0 atom stereocenters. The molecular formula is C17H18N2O2S. The van der Waals surface area contributed by atoms with Gasteiger partial charge >= 0.3 is 0 Å². The van der Waals surface area contributed by atoms with Gasteiger partial charge in [-0.1, -0.05) is 42.0 Å². The van der Waals surface area contributed by atoms with Crippen LogP contribution in [0.1, 0.15) is 29.5 Å². The second kappa shape index (κ2) is 5.93. The fraction of sp³-hybridized carbons (Fsp3) is 0.235. The van der Waals surface area contributed by atoms with Crippen molar-refractivity contribution < 1.29 is 8.42 Å². The summed E-state index contributed by atoms with van der Waals surface area (Å²) < 4.78 is 24.6. The molecule has 0 spiro atoms. The topological polar surface area (TPSA) is 58.5 Å². The van der Waals surface area contributed by atoms with Crippen LogP contribution in [0.3, 0.4) is 0 Å². The van der Waals surface area contributed by atoms with Gasteiger partial charge in [-0.2, -0.15) is 18.4 Å². The molecule has 3 rings (SSSR count). The van der Waals surface area contributed by atoms with Crippen LogP contribution in [0.5, 0.6) is 0 Å². The van der Waals surface area contributed by atoms with Crippen molar-refractivity contribution in [3.8, 4) is 0 Å². The third-order valence-electron chi connectivity index (χ3n) is 3.82. The zero-order valence-corrected chi connectivity index (χ0v) is 13.2. The maximum atomic E-state index is 12.3. The largest absolute Gasteiger partial charge is 0.276 e. The number of aryl methyl sites for hydroxylation is 2. The zero-order valence-electron chi connectivity index (χ0n) is 12.4. The Labute approximate surface area is 130 Å². The fourth-order valence-electron chi connectivity index (χ4n) is 2.60. The summed E-state index contributed by atoms with van der Waals surface area (Å²) in [6.45, 7) is 1.92. The van der Waals surface area contributed by atoms with Crippen LogP contribution in [-0.2, 0) is 16.4 Å². The Balaban J connectivity index is 1.87. The number of fused-ring (bicyclic) bond motifs is 1. The number of hydrazone groups is 1. The van der Waals surface area contributed by atoms with Crippen LogP contribution >= 0.6 is 0 Å². The number of sulfonamides is 1. The van der Waals surface area contributed by atoms with Gasteiger partial charge < -0.3 is 0 Å². The van der Waals surface area contributed by atoms with Crippen LogP contribution in [0, 0.1) is 6.92 Å². The second-order valence-corrected chi connectivity index (χ2v) is 7.14. The highest BCUT2D eigenvalue weighted by atomic mass is 32.2. The van der Waals surface area contributed by atoms with Crippen LogP contribution in [0.4, 0.5) is 0 Å². The zero-order chi connectivity index (χ0) is 15.6.